The number of aromatic amines is 1. The average molecular weight is 535 g/mol. The van der Waals surface area contributed by atoms with Crippen LogP contribution in [0, 0.1) is 17.5 Å². The molecule has 0 spiro atoms. The zero-order valence-corrected chi connectivity index (χ0v) is 19.7. The van der Waals surface area contributed by atoms with Crippen LogP contribution < -0.4 is 9.46 Å². The number of imidazole rings is 2. The molecule has 184 valence electrons. The van der Waals surface area contributed by atoms with E-state index in [9.17, 15) is 17.2 Å². The number of fused-ring (bicyclic) bond motifs is 1. The average Bonchev–Trinajstić information content (AvgIpc) is 3.46. The zero-order valence-electron chi connectivity index (χ0n) is 18.1. The van der Waals surface area contributed by atoms with Crippen molar-refractivity contribution in [1.29, 1.82) is 0 Å². The van der Waals surface area contributed by atoms with E-state index in [4.69, 9.17) is 16.3 Å². The van der Waals surface area contributed by atoms with E-state index in [2.05, 4.69) is 19.9 Å². The van der Waals surface area contributed by atoms with Crippen molar-refractivity contribution in [3.8, 4) is 28.5 Å². The fourth-order valence-electron chi connectivity index (χ4n) is 3.60. The molecule has 9 nitrogen and oxygen atoms in total. The summed E-state index contributed by atoms with van der Waals surface area (Å²) in [5.41, 5.74) is 0.0961. The fraction of sp³-hybridized carbons (Fsp3) is 0.0455. The highest BCUT2D eigenvalue weighted by molar-refractivity contribution is 7.92. The molecule has 5 aromatic rings. The second kappa shape index (κ2) is 8.84. The van der Waals surface area contributed by atoms with Gasteiger partial charge in [0, 0.05) is 24.0 Å². The molecule has 0 fully saturated rings. The molecule has 14 heteroatoms. The largest absolute Gasteiger partial charge is 0.480 e. The number of hydrogen-bond acceptors (Lipinski definition) is 6. The molecular weight excluding hydrogens is 521 g/mol. The smallest absolute Gasteiger partial charge is 0.267 e. The Hall–Kier alpha value is -4.10. The van der Waals surface area contributed by atoms with Gasteiger partial charge in [-0.15, -0.1) is 0 Å². The first-order valence-electron chi connectivity index (χ1n) is 10.1. The number of methoxy groups -OCH3 is 1. The number of nitrogens with zero attached hydrogens (tertiary/aromatic N) is 4. The summed E-state index contributed by atoms with van der Waals surface area (Å²) in [5, 5.41) is 0.248. The molecule has 0 unspecified atom stereocenters. The Bertz CT molecular complexity index is 1740. The second-order valence-electron chi connectivity index (χ2n) is 7.43. The number of anilines is 1. The van der Waals surface area contributed by atoms with Crippen LogP contribution in [0.4, 0.5) is 18.9 Å². The van der Waals surface area contributed by atoms with Gasteiger partial charge in [0.15, 0.2) is 16.5 Å². The van der Waals surface area contributed by atoms with Crippen LogP contribution in [0.1, 0.15) is 0 Å². The Morgan fingerprint density at radius 2 is 1.94 bits per heavy atom. The van der Waals surface area contributed by atoms with Crippen molar-refractivity contribution in [2.24, 2.45) is 0 Å². The van der Waals surface area contributed by atoms with Crippen LogP contribution >= 0.6 is 11.6 Å². The van der Waals surface area contributed by atoms with Crippen molar-refractivity contribution >= 4 is 32.8 Å². The van der Waals surface area contributed by atoms with Gasteiger partial charge in [0.05, 0.1) is 30.1 Å². The summed E-state index contributed by atoms with van der Waals surface area (Å²) in [6.07, 6.45) is 5.11. The normalized spacial score (nSPS) is 11.7. The van der Waals surface area contributed by atoms with Gasteiger partial charge in [-0.1, -0.05) is 17.7 Å². The number of halogens is 4. The maximum absolute atomic E-state index is 15.5. The third-order valence-electron chi connectivity index (χ3n) is 5.19. The van der Waals surface area contributed by atoms with E-state index in [1.807, 2.05) is 4.72 Å². The van der Waals surface area contributed by atoms with E-state index in [1.54, 1.807) is 6.07 Å². The molecule has 0 aliphatic heterocycles. The minimum absolute atomic E-state index is 0.102. The highest BCUT2D eigenvalue weighted by Gasteiger charge is 2.25. The number of H-pyrrole nitrogens is 1. The predicted octanol–water partition coefficient (Wildman–Crippen LogP) is 4.67. The first-order chi connectivity index (χ1) is 17.2. The van der Waals surface area contributed by atoms with Crippen molar-refractivity contribution in [3.05, 3.63) is 77.9 Å². The van der Waals surface area contributed by atoms with Gasteiger partial charge >= 0.3 is 0 Å². The molecule has 2 N–H and O–H groups in total. The third-order valence-corrected chi connectivity index (χ3v) is 6.75. The van der Waals surface area contributed by atoms with Gasteiger partial charge in [-0.3, -0.25) is 4.72 Å². The Kier molecular flexibility index (Phi) is 5.80. The Morgan fingerprint density at radius 1 is 1.14 bits per heavy atom. The van der Waals surface area contributed by atoms with Crippen molar-refractivity contribution in [3.63, 3.8) is 0 Å². The lowest BCUT2D eigenvalue weighted by atomic mass is 10.0. The highest BCUT2D eigenvalue weighted by Crippen LogP contribution is 2.34. The summed E-state index contributed by atoms with van der Waals surface area (Å²) in [7, 11) is -3.40. The van der Waals surface area contributed by atoms with Gasteiger partial charge in [0.1, 0.15) is 28.8 Å². The molecule has 0 bridgehead atoms. The number of ether oxygens (including phenoxy) is 1. The van der Waals surface area contributed by atoms with Crippen molar-refractivity contribution in [2.75, 3.05) is 11.8 Å². The molecule has 0 saturated heterocycles. The summed E-state index contributed by atoms with van der Waals surface area (Å²) < 4.78 is 78.0. The topological polar surface area (TPSA) is 114 Å². The molecule has 4 heterocycles. The molecule has 5 rings (SSSR count). The van der Waals surface area contributed by atoms with E-state index in [0.29, 0.717) is 23.1 Å². The molecule has 36 heavy (non-hydrogen) atoms. The SMILES string of the molecule is COc1ncc(F)cc1S(=O)(=O)Nc1ccc(F)c(-c2ccc3c(-c4nc(Cl)c[nH]4)ncn3c2)c1F. The van der Waals surface area contributed by atoms with Gasteiger partial charge in [0.2, 0.25) is 5.88 Å². The van der Waals surface area contributed by atoms with Gasteiger partial charge in [0.25, 0.3) is 10.0 Å². The third kappa shape index (κ3) is 4.12. The van der Waals surface area contributed by atoms with Crippen LogP contribution in [0.15, 0.2) is 60.1 Å². The Labute approximate surface area is 206 Å². The molecule has 4 aromatic heterocycles. The summed E-state index contributed by atoms with van der Waals surface area (Å²) >= 11 is 5.85. The minimum atomic E-state index is -4.55. The molecule has 0 saturated carbocycles. The van der Waals surface area contributed by atoms with Crippen LogP contribution in [-0.2, 0) is 10.0 Å². The minimum Gasteiger partial charge on any atom is -0.480 e. The van der Waals surface area contributed by atoms with Gasteiger partial charge in [-0.05, 0) is 18.2 Å². The zero-order chi connectivity index (χ0) is 25.6. The number of sulfonamides is 1. The molecule has 0 amide bonds. The quantitative estimate of drug-likeness (QED) is 0.327. The van der Waals surface area contributed by atoms with E-state index < -0.39 is 49.5 Å². The summed E-state index contributed by atoms with van der Waals surface area (Å²) in [6, 6.07) is 5.52. The lowest BCUT2D eigenvalue weighted by Gasteiger charge is -2.14. The van der Waals surface area contributed by atoms with Crippen molar-refractivity contribution < 1.29 is 26.3 Å². The standard InChI is InChI=1S/C22H14ClF3N6O3S/c1-35-22-16(6-12(24)7-28-22)36(33,34)31-14-4-3-13(25)18(19(14)26)11-2-5-15-20(29-10-32(15)9-11)21-27-8-17(23)30-21/h2-10,31H,1H3,(H,27,30). The number of benzene rings is 1. The van der Waals surface area contributed by atoms with Gasteiger partial charge in [-0.2, -0.15) is 0 Å². The lowest BCUT2D eigenvalue weighted by molar-refractivity contribution is 0.382. The maximum Gasteiger partial charge on any atom is 0.267 e. The monoisotopic (exact) mass is 534 g/mol. The van der Waals surface area contributed by atoms with Crippen LogP contribution in [0.5, 0.6) is 5.88 Å². The second-order valence-corrected chi connectivity index (χ2v) is 9.46. The predicted molar refractivity (Wildman–Crippen MR) is 125 cm³/mol. The number of aromatic nitrogens is 5. The molecule has 0 atom stereocenters. The molecule has 0 aliphatic rings. The van der Waals surface area contributed by atoms with Crippen molar-refractivity contribution in [2.45, 2.75) is 4.90 Å². The van der Waals surface area contributed by atoms with Crippen LogP contribution in [0.3, 0.4) is 0 Å². The van der Waals surface area contributed by atoms with Crippen LogP contribution in [0.2, 0.25) is 5.15 Å². The van der Waals surface area contributed by atoms with Crippen molar-refractivity contribution in [1.82, 2.24) is 24.3 Å². The maximum atomic E-state index is 15.5. The van der Waals surface area contributed by atoms with E-state index >= 15 is 4.39 Å². The highest BCUT2D eigenvalue weighted by atomic mass is 35.5. The lowest BCUT2D eigenvalue weighted by Crippen LogP contribution is -2.16. The summed E-state index contributed by atoms with van der Waals surface area (Å²) in [6.45, 7) is 0. The van der Waals surface area contributed by atoms with Gasteiger partial charge in [-0.25, -0.2) is 36.5 Å². The Balaban J connectivity index is 1.55. The van der Waals surface area contributed by atoms with Crippen LogP contribution in [-0.4, -0.2) is 39.9 Å². The number of pyridine rings is 2. The molecular formula is C22H14ClF3N6O3S. The fourth-order valence-corrected chi connectivity index (χ4v) is 4.93. The van der Waals surface area contributed by atoms with Crippen LogP contribution in [0.25, 0.3) is 28.2 Å². The van der Waals surface area contributed by atoms with E-state index in [0.717, 1.165) is 25.4 Å². The molecule has 0 radical (unpaired) electrons. The first-order valence-corrected chi connectivity index (χ1v) is 11.9. The van der Waals surface area contributed by atoms with E-state index in [-0.39, 0.29) is 10.7 Å². The summed E-state index contributed by atoms with van der Waals surface area (Å²) in [5.74, 6) is -3.05. The van der Waals surface area contributed by atoms with E-state index in [1.165, 1.54) is 29.2 Å². The number of nitrogens with one attached hydrogen (secondary N) is 2. The molecule has 0 aliphatic carbocycles. The van der Waals surface area contributed by atoms with Gasteiger partial charge < -0.3 is 14.1 Å². The first kappa shape index (κ1) is 23.6. The number of hydrogen-bond donors (Lipinski definition) is 2. The summed E-state index contributed by atoms with van der Waals surface area (Å²) in [4.78, 5) is 14.2. The molecule has 1 aromatic carbocycles. The number of rotatable bonds is 6. The Morgan fingerprint density at radius 3 is 2.67 bits per heavy atom.